The minimum absolute atomic E-state index is 0.163. The van der Waals surface area contributed by atoms with E-state index in [4.69, 9.17) is 4.74 Å². The molecule has 0 aliphatic carbocycles. The third-order valence-corrected chi connectivity index (χ3v) is 3.09. The average molecular weight is 274 g/mol. The van der Waals surface area contributed by atoms with Crippen LogP contribution in [-0.4, -0.2) is 54.3 Å². The van der Waals surface area contributed by atoms with Gasteiger partial charge < -0.3 is 14.7 Å². The van der Waals surface area contributed by atoms with Crippen molar-refractivity contribution in [1.82, 2.24) is 9.88 Å². The van der Waals surface area contributed by atoms with Crippen LogP contribution >= 0.6 is 0 Å². The molecule has 0 radical (unpaired) electrons. The van der Waals surface area contributed by atoms with Crippen LogP contribution in [-0.2, 0) is 4.74 Å². The Morgan fingerprint density at radius 3 is 2.90 bits per heavy atom. The number of fused-ring (bicyclic) bond motifs is 1. The molecule has 1 unspecified atom stereocenters. The number of methoxy groups -OCH3 is 1. The van der Waals surface area contributed by atoms with Crippen molar-refractivity contribution >= 4 is 16.7 Å². The molecular formula is C15H18N2O3. The lowest BCUT2D eigenvalue weighted by molar-refractivity contribution is 0.0381. The molecule has 1 amide bonds. The Morgan fingerprint density at radius 1 is 1.40 bits per heavy atom. The lowest BCUT2D eigenvalue weighted by Gasteiger charge is -2.21. The number of hydrogen-bond donors (Lipinski definition) is 1. The Bertz CT molecular complexity index is 595. The second-order valence-corrected chi connectivity index (χ2v) is 4.70. The Labute approximate surface area is 117 Å². The monoisotopic (exact) mass is 274 g/mol. The van der Waals surface area contributed by atoms with Crippen LogP contribution in [0.2, 0.25) is 0 Å². The molecule has 5 nitrogen and oxygen atoms in total. The van der Waals surface area contributed by atoms with E-state index in [9.17, 15) is 9.90 Å². The van der Waals surface area contributed by atoms with E-state index in [0.29, 0.717) is 5.56 Å². The molecule has 0 saturated carbocycles. The van der Waals surface area contributed by atoms with E-state index in [2.05, 4.69) is 4.98 Å². The molecule has 0 aliphatic rings. The summed E-state index contributed by atoms with van der Waals surface area (Å²) in [5, 5.41) is 11.5. The third-order valence-electron chi connectivity index (χ3n) is 3.09. The van der Waals surface area contributed by atoms with Gasteiger partial charge in [0.1, 0.15) is 0 Å². The van der Waals surface area contributed by atoms with Gasteiger partial charge in [-0.15, -0.1) is 0 Å². The highest BCUT2D eigenvalue weighted by Crippen LogP contribution is 2.18. The summed E-state index contributed by atoms with van der Waals surface area (Å²) in [7, 11) is 3.17. The molecule has 1 heterocycles. The van der Waals surface area contributed by atoms with Crippen molar-refractivity contribution < 1.29 is 14.6 Å². The highest BCUT2D eigenvalue weighted by molar-refractivity contribution is 6.06. The van der Waals surface area contributed by atoms with Gasteiger partial charge in [0.15, 0.2) is 0 Å². The van der Waals surface area contributed by atoms with Gasteiger partial charge in [-0.1, -0.05) is 24.3 Å². The number of hydrogen-bond acceptors (Lipinski definition) is 4. The highest BCUT2D eigenvalue weighted by atomic mass is 16.5. The number of carbonyl (C=O) groups excluding carboxylic acids is 1. The Hall–Kier alpha value is -1.98. The maximum absolute atomic E-state index is 12.4. The van der Waals surface area contributed by atoms with Gasteiger partial charge in [-0.3, -0.25) is 9.78 Å². The second kappa shape index (κ2) is 6.45. The minimum atomic E-state index is -0.697. The van der Waals surface area contributed by atoms with Crippen LogP contribution in [0.25, 0.3) is 10.8 Å². The number of aliphatic hydroxyl groups is 1. The number of rotatable bonds is 5. The number of amides is 1. The van der Waals surface area contributed by atoms with Crippen molar-refractivity contribution in [2.45, 2.75) is 6.10 Å². The van der Waals surface area contributed by atoms with Gasteiger partial charge in [0.05, 0.1) is 18.3 Å². The van der Waals surface area contributed by atoms with Crippen molar-refractivity contribution in [3.05, 3.63) is 42.2 Å². The highest BCUT2D eigenvalue weighted by Gasteiger charge is 2.17. The van der Waals surface area contributed by atoms with Gasteiger partial charge in [-0.25, -0.2) is 0 Å². The number of ether oxygens (including phenoxy) is 1. The van der Waals surface area contributed by atoms with Crippen LogP contribution in [0.5, 0.6) is 0 Å². The topological polar surface area (TPSA) is 62.7 Å². The molecule has 2 rings (SSSR count). The molecular weight excluding hydrogens is 256 g/mol. The van der Waals surface area contributed by atoms with E-state index in [1.807, 2.05) is 24.3 Å². The average Bonchev–Trinajstić information content (AvgIpc) is 2.46. The number of benzene rings is 1. The number of likely N-dealkylation sites (N-methyl/N-ethyl adjacent to an activating group) is 1. The van der Waals surface area contributed by atoms with Crippen molar-refractivity contribution in [2.24, 2.45) is 0 Å². The zero-order chi connectivity index (χ0) is 14.5. The maximum atomic E-state index is 12.4. The number of pyridine rings is 1. The smallest absolute Gasteiger partial charge is 0.255 e. The molecule has 0 fully saturated rings. The summed E-state index contributed by atoms with van der Waals surface area (Å²) >= 11 is 0. The molecule has 0 spiro atoms. The first-order valence-corrected chi connectivity index (χ1v) is 6.38. The van der Waals surface area contributed by atoms with E-state index in [0.717, 1.165) is 10.8 Å². The normalized spacial score (nSPS) is 12.3. The summed E-state index contributed by atoms with van der Waals surface area (Å²) in [6.45, 7) is 0.418. The first-order valence-electron chi connectivity index (χ1n) is 6.38. The van der Waals surface area contributed by atoms with Gasteiger partial charge in [-0.2, -0.15) is 0 Å². The Morgan fingerprint density at radius 2 is 2.15 bits per heavy atom. The van der Waals surface area contributed by atoms with Crippen LogP contribution in [0.15, 0.2) is 36.7 Å². The summed E-state index contributed by atoms with van der Waals surface area (Å²) in [4.78, 5) is 18.0. The summed E-state index contributed by atoms with van der Waals surface area (Å²) in [6, 6.07) is 7.60. The fourth-order valence-corrected chi connectivity index (χ4v) is 2.14. The van der Waals surface area contributed by atoms with Gasteiger partial charge in [-0.05, 0) is 5.39 Å². The van der Waals surface area contributed by atoms with Crippen LogP contribution in [0, 0.1) is 0 Å². The van der Waals surface area contributed by atoms with E-state index < -0.39 is 6.10 Å². The molecule has 1 N–H and O–H groups in total. The molecule has 0 saturated heterocycles. The van der Waals surface area contributed by atoms with Crippen LogP contribution in [0.3, 0.4) is 0 Å². The number of aliphatic hydroxyl groups excluding tert-OH is 1. The standard InChI is InChI=1S/C15H18N2O3/c1-17(9-12(18)10-20-2)15(19)14-8-16-7-11-5-3-4-6-13(11)14/h3-8,12,18H,9-10H2,1-2H3. The molecule has 0 bridgehead atoms. The number of nitrogens with zero attached hydrogens (tertiary/aromatic N) is 2. The molecule has 106 valence electrons. The number of aromatic nitrogens is 1. The third kappa shape index (κ3) is 3.12. The zero-order valence-corrected chi connectivity index (χ0v) is 11.6. The first-order chi connectivity index (χ1) is 9.63. The lowest BCUT2D eigenvalue weighted by Crippen LogP contribution is -2.36. The Balaban J connectivity index is 2.23. The fourth-order valence-electron chi connectivity index (χ4n) is 2.14. The second-order valence-electron chi connectivity index (χ2n) is 4.70. The van der Waals surface area contributed by atoms with Crippen molar-refractivity contribution in [3.8, 4) is 0 Å². The molecule has 2 aromatic rings. The van der Waals surface area contributed by atoms with E-state index in [-0.39, 0.29) is 19.1 Å². The first kappa shape index (κ1) is 14.4. The summed E-state index contributed by atoms with van der Waals surface area (Å²) in [6.07, 6.45) is 2.59. The van der Waals surface area contributed by atoms with Crippen molar-refractivity contribution in [3.63, 3.8) is 0 Å². The largest absolute Gasteiger partial charge is 0.389 e. The molecule has 1 atom stereocenters. The quantitative estimate of drug-likeness (QED) is 0.893. The van der Waals surface area contributed by atoms with Gasteiger partial charge in [0.25, 0.3) is 5.91 Å². The van der Waals surface area contributed by atoms with Gasteiger partial charge in [0, 0.05) is 38.5 Å². The molecule has 1 aromatic carbocycles. The van der Waals surface area contributed by atoms with Gasteiger partial charge in [0.2, 0.25) is 0 Å². The Kier molecular flexibility index (Phi) is 4.65. The van der Waals surface area contributed by atoms with Gasteiger partial charge >= 0.3 is 0 Å². The predicted octanol–water partition coefficient (Wildman–Crippen LogP) is 1.31. The maximum Gasteiger partial charge on any atom is 0.255 e. The summed E-state index contributed by atoms with van der Waals surface area (Å²) < 4.78 is 4.86. The number of carbonyl (C=O) groups is 1. The molecule has 1 aromatic heterocycles. The molecule has 0 aliphatic heterocycles. The van der Waals surface area contributed by atoms with Crippen LogP contribution in [0.1, 0.15) is 10.4 Å². The van der Waals surface area contributed by atoms with Crippen LogP contribution < -0.4 is 0 Å². The van der Waals surface area contributed by atoms with E-state index in [1.54, 1.807) is 19.4 Å². The lowest BCUT2D eigenvalue weighted by atomic mass is 10.1. The van der Waals surface area contributed by atoms with E-state index >= 15 is 0 Å². The molecule has 20 heavy (non-hydrogen) atoms. The predicted molar refractivity (Wildman–Crippen MR) is 76.6 cm³/mol. The zero-order valence-electron chi connectivity index (χ0n) is 11.6. The van der Waals surface area contributed by atoms with E-state index in [1.165, 1.54) is 12.0 Å². The molecule has 5 heteroatoms. The van der Waals surface area contributed by atoms with Crippen molar-refractivity contribution in [1.29, 1.82) is 0 Å². The van der Waals surface area contributed by atoms with Crippen molar-refractivity contribution in [2.75, 3.05) is 27.3 Å². The summed E-state index contributed by atoms with van der Waals surface area (Å²) in [5.74, 6) is -0.163. The van der Waals surface area contributed by atoms with Crippen LogP contribution in [0.4, 0.5) is 0 Å². The fraction of sp³-hybridized carbons (Fsp3) is 0.333. The summed E-state index contributed by atoms with van der Waals surface area (Å²) in [5.41, 5.74) is 0.537. The minimum Gasteiger partial charge on any atom is -0.389 e. The SMILES string of the molecule is COCC(O)CN(C)C(=O)c1cncc2ccccc12.